The molecule has 1 saturated carbocycles. The van der Waals surface area contributed by atoms with E-state index in [9.17, 15) is 13.6 Å². The Morgan fingerprint density at radius 1 is 1.44 bits per heavy atom. The zero-order chi connectivity index (χ0) is 13.3. The summed E-state index contributed by atoms with van der Waals surface area (Å²) in [7, 11) is 0. The standard InChI is InChI=1S/C12H14F2N2OS/c1-18-12(2-3-12)6-16-11(17)7-4-8(13)9(14)5-10(7)15/h4-5H,2-3,6,15H2,1H3,(H,16,17). The van der Waals surface area contributed by atoms with Gasteiger partial charge in [-0.2, -0.15) is 11.8 Å². The van der Waals surface area contributed by atoms with Crippen LogP contribution in [0.3, 0.4) is 0 Å². The molecule has 0 aliphatic heterocycles. The molecule has 1 aromatic rings. The highest BCUT2D eigenvalue weighted by Gasteiger charge is 2.42. The lowest BCUT2D eigenvalue weighted by Crippen LogP contribution is -2.32. The maximum atomic E-state index is 13.1. The fraction of sp³-hybridized carbons (Fsp3) is 0.417. The molecule has 0 atom stereocenters. The number of nitrogen functional groups attached to an aromatic ring is 1. The molecule has 98 valence electrons. The monoisotopic (exact) mass is 272 g/mol. The number of nitrogens with one attached hydrogen (secondary N) is 1. The van der Waals surface area contributed by atoms with Crippen molar-refractivity contribution in [3.05, 3.63) is 29.3 Å². The van der Waals surface area contributed by atoms with E-state index in [0.717, 1.165) is 25.0 Å². The van der Waals surface area contributed by atoms with Crippen LogP contribution in [0.25, 0.3) is 0 Å². The third kappa shape index (κ3) is 2.58. The number of nitrogens with two attached hydrogens (primary N) is 1. The number of halogens is 2. The van der Waals surface area contributed by atoms with E-state index < -0.39 is 17.5 Å². The summed E-state index contributed by atoms with van der Waals surface area (Å²) >= 11 is 1.71. The summed E-state index contributed by atoms with van der Waals surface area (Å²) in [4.78, 5) is 11.8. The van der Waals surface area contributed by atoms with Gasteiger partial charge in [-0.1, -0.05) is 0 Å². The lowest BCUT2D eigenvalue weighted by atomic mass is 10.1. The van der Waals surface area contributed by atoms with Gasteiger partial charge in [0.1, 0.15) is 0 Å². The van der Waals surface area contributed by atoms with Gasteiger partial charge in [0.15, 0.2) is 11.6 Å². The minimum Gasteiger partial charge on any atom is -0.398 e. The zero-order valence-corrected chi connectivity index (χ0v) is 10.7. The first-order chi connectivity index (χ1) is 8.47. The van der Waals surface area contributed by atoms with Crippen molar-refractivity contribution in [2.75, 3.05) is 18.5 Å². The van der Waals surface area contributed by atoms with Crippen molar-refractivity contribution >= 4 is 23.4 Å². The second kappa shape index (κ2) is 4.76. The Morgan fingerprint density at radius 2 is 2.06 bits per heavy atom. The Hall–Kier alpha value is -1.30. The van der Waals surface area contributed by atoms with Gasteiger partial charge in [-0.3, -0.25) is 4.79 Å². The number of carbonyl (C=O) groups excluding carboxylic acids is 1. The summed E-state index contributed by atoms with van der Waals surface area (Å²) in [6.45, 7) is 0.519. The van der Waals surface area contributed by atoms with Crippen molar-refractivity contribution in [1.82, 2.24) is 5.32 Å². The number of hydrogen-bond donors (Lipinski definition) is 2. The first kappa shape index (κ1) is 13.1. The third-order valence-corrected chi connectivity index (χ3v) is 4.57. The van der Waals surface area contributed by atoms with Crippen LogP contribution in [0.2, 0.25) is 0 Å². The summed E-state index contributed by atoms with van der Waals surface area (Å²) in [6.07, 6.45) is 4.11. The van der Waals surface area contributed by atoms with Crippen LogP contribution in [0.1, 0.15) is 23.2 Å². The Labute approximate surface area is 108 Å². The van der Waals surface area contributed by atoms with E-state index in [0.29, 0.717) is 6.54 Å². The average molecular weight is 272 g/mol. The van der Waals surface area contributed by atoms with Crippen LogP contribution in [-0.4, -0.2) is 23.5 Å². The second-order valence-corrected chi connectivity index (χ2v) is 5.70. The Kier molecular flexibility index (Phi) is 3.47. The summed E-state index contributed by atoms with van der Waals surface area (Å²) in [5, 5.41) is 2.71. The van der Waals surface area contributed by atoms with Gasteiger partial charge in [0, 0.05) is 23.0 Å². The molecule has 1 fully saturated rings. The maximum Gasteiger partial charge on any atom is 0.253 e. The van der Waals surface area contributed by atoms with E-state index >= 15 is 0 Å². The van der Waals surface area contributed by atoms with Crippen molar-refractivity contribution in [3.63, 3.8) is 0 Å². The number of rotatable bonds is 4. The van der Waals surface area contributed by atoms with Gasteiger partial charge in [-0.15, -0.1) is 0 Å². The van der Waals surface area contributed by atoms with Crippen LogP contribution >= 0.6 is 11.8 Å². The molecular formula is C12H14F2N2OS. The topological polar surface area (TPSA) is 55.1 Å². The van der Waals surface area contributed by atoms with Crippen molar-refractivity contribution < 1.29 is 13.6 Å². The predicted molar refractivity (Wildman–Crippen MR) is 68.6 cm³/mol. The van der Waals surface area contributed by atoms with E-state index in [1.807, 2.05) is 6.26 Å². The molecule has 0 spiro atoms. The third-order valence-electron chi connectivity index (χ3n) is 3.15. The van der Waals surface area contributed by atoms with E-state index in [4.69, 9.17) is 5.73 Å². The van der Waals surface area contributed by atoms with Gasteiger partial charge in [-0.25, -0.2) is 8.78 Å². The van der Waals surface area contributed by atoms with Gasteiger partial charge in [0.2, 0.25) is 0 Å². The van der Waals surface area contributed by atoms with Crippen LogP contribution in [0.15, 0.2) is 12.1 Å². The minimum absolute atomic E-state index is 0.0224. The van der Waals surface area contributed by atoms with Crippen LogP contribution in [0.5, 0.6) is 0 Å². The minimum atomic E-state index is -1.07. The number of thioether (sulfide) groups is 1. The molecule has 3 nitrogen and oxygen atoms in total. The van der Waals surface area contributed by atoms with Gasteiger partial charge >= 0.3 is 0 Å². The molecule has 0 heterocycles. The number of anilines is 1. The molecule has 2 rings (SSSR count). The first-order valence-electron chi connectivity index (χ1n) is 5.55. The number of amides is 1. The van der Waals surface area contributed by atoms with E-state index in [-0.39, 0.29) is 16.0 Å². The number of benzene rings is 1. The molecule has 6 heteroatoms. The van der Waals surface area contributed by atoms with Crippen LogP contribution in [0.4, 0.5) is 14.5 Å². The molecule has 0 bridgehead atoms. The van der Waals surface area contributed by atoms with Crippen LogP contribution in [-0.2, 0) is 0 Å². The largest absolute Gasteiger partial charge is 0.398 e. The highest BCUT2D eigenvalue weighted by molar-refractivity contribution is 8.00. The summed E-state index contributed by atoms with van der Waals surface area (Å²) in [5.74, 6) is -2.58. The molecule has 3 N–H and O–H groups in total. The van der Waals surface area contributed by atoms with Gasteiger partial charge < -0.3 is 11.1 Å². The first-order valence-corrected chi connectivity index (χ1v) is 6.78. The molecule has 1 aliphatic rings. The molecule has 0 radical (unpaired) electrons. The SMILES string of the molecule is CSC1(CNC(=O)c2cc(F)c(F)cc2N)CC1. The Bertz CT molecular complexity index is 489. The van der Waals surface area contributed by atoms with Crippen LogP contribution < -0.4 is 11.1 Å². The fourth-order valence-electron chi connectivity index (χ4n) is 1.69. The van der Waals surface area contributed by atoms with E-state index in [1.54, 1.807) is 11.8 Å². The van der Waals surface area contributed by atoms with Gasteiger partial charge in [0.05, 0.1) is 5.56 Å². The average Bonchev–Trinajstić information content (AvgIpc) is 3.11. The lowest BCUT2D eigenvalue weighted by molar-refractivity contribution is 0.0953. The molecular weight excluding hydrogens is 258 g/mol. The van der Waals surface area contributed by atoms with Crippen molar-refractivity contribution in [3.8, 4) is 0 Å². The predicted octanol–water partition coefficient (Wildman–Crippen LogP) is 2.17. The maximum absolute atomic E-state index is 13.1. The number of carbonyl (C=O) groups is 1. The molecule has 1 aromatic carbocycles. The molecule has 0 saturated heterocycles. The summed E-state index contributed by atoms with van der Waals surface area (Å²) in [6, 6.07) is 1.66. The molecule has 1 aliphatic carbocycles. The Balaban J connectivity index is 2.07. The highest BCUT2D eigenvalue weighted by atomic mass is 32.2. The molecule has 1 amide bonds. The number of hydrogen-bond acceptors (Lipinski definition) is 3. The van der Waals surface area contributed by atoms with Crippen molar-refractivity contribution in [2.45, 2.75) is 17.6 Å². The molecule has 0 aromatic heterocycles. The quantitative estimate of drug-likeness (QED) is 0.826. The van der Waals surface area contributed by atoms with Crippen molar-refractivity contribution in [2.24, 2.45) is 0 Å². The van der Waals surface area contributed by atoms with E-state index in [1.165, 1.54) is 0 Å². The van der Waals surface area contributed by atoms with Gasteiger partial charge in [0.25, 0.3) is 5.91 Å². The van der Waals surface area contributed by atoms with Crippen LogP contribution in [0, 0.1) is 11.6 Å². The van der Waals surface area contributed by atoms with Crippen molar-refractivity contribution in [1.29, 1.82) is 0 Å². The summed E-state index contributed by atoms with van der Waals surface area (Å²) in [5.41, 5.74) is 5.43. The van der Waals surface area contributed by atoms with E-state index in [2.05, 4.69) is 5.32 Å². The smallest absolute Gasteiger partial charge is 0.253 e. The normalized spacial score (nSPS) is 16.4. The molecule has 18 heavy (non-hydrogen) atoms. The lowest BCUT2D eigenvalue weighted by Gasteiger charge is -2.14. The zero-order valence-electron chi connectivity index (χ0n) is 9.93. The highest BCUT2D eigenvalue weighted by Crippen LogP contribution is 2.46. The van der Waals surface area contributed by atoms with Gasteiger partial charge in [-0.05, 0) is 25.2 Å². The summed E-state index contributed by atoms with van der Waals surface area (Å²) < 4.78 is 26.0. The second-order valence-electron chi connectivity index (χ2n) is 4.42. The fourth-order valence-corrected chi connectivity index (χ4v) is 2.41. The Morgan fingerprint density at radius 3 is 2.61 bits per heavy atom. The molecule has 0 unspecified atom stereocenters.